The molecule has 0 amide bonds. The number of sulfonamides is 1. The van der Waals surface area contributed by atoms with Gasteiger partial charge >= 0.3 is 0 Å². The molecule has 1 saturated carbocycles. The van der Waals surface area contributed by atoms with Gasteiger partial charge in [-0.1, -0.05) is 61.8 Å². The fraction of sp³-hybridized carbons (Fsp3) is 0.474. The average Bonchev–Trinajstić information content (AvgIpc) is 2.54. The maximum absolute atomic E-state index is 13.0. The standard InChI is InChI=1S/C19H25NO2S/c1-5-6-11-19-13-20(12-18(15(19)3)16(19)4)23(21,22)17-9-7-14(2)8-10-17/h7-10,18H,3-6,11-13H2,1-2H3. The van der Waals surface area contributed by atoms with Gasteiger partial charge in [0.1, 0.15) is 0 Å². The van der Waals surface area contributed by atoms with E-state index in [4.69, 9.17) is 0 Å². The first-order chi connectivity index (χ1) is 10.8. The van der Waals surface area contributed by atoms with E-state index in [1.54, 1.807) is 16.4 Å². The minimum Gasteiger partial charge on any atom is -0.207 e. The Balaban J connectivity index is 1.89. The van der Waals surface area contributed by atoms with E-state index in [1.807, 2.05) is 19.1 Å². The molecule has 3 nitrogen and oxygen atoms in total. The number of benzene rings is 1. The fourth-order valence-electron chi connectivity index (χ4n) is 3.92. The smallest absolute Gasteiger partial charge is 0.207 e. The second-order valence-corrected chi connectivity index (χ2v) is 8.84. The van der Waals surface area contributed by atoms with Gasteiger partial charge in [0, 0.05) is 24.4 Å². The van der Waals surface area contributed by atoms with Crippen molar-refractivity contribution in [3.8, 4) is 0 Å². The van der Waals surface area contributed by atoms with E-state index < -0.39 is 10.0 Å². The summed E-state index contributed by atoms with van der Waals surface area (Å²) in [5.41, 5.74) is 3.24. The fourth-order valence-corrected chi connectivity index (χ4v) is 5.43. The normalized spacial score (nSPS) is 27.8. The molecular weight excluding hydrogens is 306 g/mol. The molecule has 2 bridgehead atoms. The highest BCUT2D eigenvalue weighted by Crippen LogP contribution is 2.60. The SMILES string of the molecule is C=C1C2CN(S(=O)(=O)c3ccc(C)cc3)CC1(CCCC)C2=C. The van der Waals surface area contributed by atoms with Gasteiger partial charge < -0.3 is 0 Å². The molecule has 0 spiro atoms. The predicted molar refractivity (Wildman–Crippen MR) is 93.7 cm³/mol. The summed E-state index contributed by atoms with van der Waals surface area (Å²) >= 11 is 0. The van der Waals surface area contributed by atoms with Crippen molar-refractivity contribution in [3.63, 3.8) is 0 Å². The van der Waals surface area contributed by atoms with Gasteiger partial charge in [-0.25, -0.2) is 8.42 Å². The van der Waals surface area contributed by atoms with Gasteiger partial charge in [-0.15, -0.1) is 0 Å². The van der Waals surface area contributed by atoms with Crippen LogP contribution in [0.2, 0.25) is 0 Å². The van der Waals surface area contributed by atoms with Crippen LogP contribution >= 0.6 is 0 Å². The molecule has 1 aromatic carbocycles. The van der Waals surface area contributed by atoms with Gasteiger partial charge in [0.05, 0.1) is 4.90 Å². The Morgan fingerprint density at radius 2 is 1.83 bits per heavy atom. The van der Waals surface area contributed by atoms with Gasteiger partial charge in [-0.2, -0.15) is 4.31 Å². The summed E-state index contributed by atoms with van der Waals surface area (Å²) in [4.78, 5) is 0.381. The van der Waals surface area contributed by atoms with E-state index >= 15 is 0 Å². The van der Waals surface area contributed by atoms with E-state index in [0.29, 0.717) is 18.0 Å². The first kappa shape index (κ1) is 16.5. The summed E-state index contributed by atoms with van der Waals surface area (Å²) in [6.45, 7) is 13.6. The van der Waals surface area contributed by atoms with E-state index in [2.05, 4.69) is 20.1 Å². The number of fused-ring (bicyclic) bond motifs is 2. The van der Waals surface area contributed by atoms with Crippen LogP contribution in [0.25, 0.3) is 0 Å². The van der Waals surface area contributed by atoms with Crippen LogP contribution in [0.1, 0.15) is 31.7 Å². The van der Waals surface area contributed by atoms with Crippen LogP contribution in [-0.2, 0) is 10.0 Å². The maximum atomic E-state index is 13.0. The van der Waals surface area contributed by atoms with E-state index in [0.717, 1.165) is 24.8 Å². The first-order valence-electron chi connectivity index (χ1n) is 8.28. The van der Waals surface area contributed by atoms with Crippen molar-refractivity contribution in [1.29, 1.82) is 0 Å². The molecule has 0 N–H and O–H groups in total. The van der Waals surface area contributed by atoms with E-state index in [1.165, 1.54) is 11.1 Å². The molecule has 4 heteroatoms. The number of hydrogen-bond donors (Lipinski definition) is 0. The number of aryl methyl sites for hydroxylation is 1. The van der Waals surface area contributed by atoms with Crippen LogP contribution in [0.4, 0.5) is 0 Å². The second-order valence-electron chi connectivity index (χ2n) is 6.90. The Labute approximate surface area is 139 Å². The summed E-state index contributed by atoms with van der Waals surface area (Å²) < 4.78 is 27.6. The monoisotopic (exact) mass is 331 g/mol. The number of piperidine rings is 2. The van der Waals surface area contributed by atoms with Gasteiger partial charge in [-0.05, 0) is 25.5 Å². The van der Waals surface area contributed by atoms with E-state index in [-0.39, 0.29) is 11.3 Å². The second kappa shape index (κ2) is 5.60. The third-order valence-corrected chi connectivity index (χ3v) is 7.34. The highest BCUT2D eigenvalue weighted by Gasteiger charge is 2.57. The highest BCUT2D eigenvalue weighted by molar-refractivity contribution is 7.89. The van der Waals surface area contributed by atoms with Gasteiger partial charge in [0.25, 0.3) is 0 Å². The Kier molecular flexibility index (Phi) is 4.01. The van der Waals surface area contributed by atoms with E-state index in [9.17, 15) is 8.42 Å². The minimum absolute atomic E-state index is 0.126. The molecule has 1 aromatic rings. The van der Waals surface area contributed by atoms with Crippen LogP contribution in [0.15, 0.2) is 53.5 Å². The molecule has 2 heterocycles. The predicted octanol–water partition coefficient (Wildman–Crippen LogP) is 3.92. The quantitative estimate of drug-likeness (QED) is 0.767. The number of rotatable bonds is 5. The molecule has 3 fully saturated rings. The molecule has 2 saturated heterocycles. The summed E-state index contributed by atoms with van der Waals surface area (Å²) in [6.07, 6.45) is 3.12. The number of nitrogens with zero attached hydrogens (tertiary/aromatic N) is 1. The van der Waals surface area contributed by atoms with Crippen molar-refractivity contribution in [2.75, 3.05) is 13.1 Å². The lowest BCUT2D eigenvalue weighted by Gasteiger charge is -2.60. The van der Waals surface area contributed by atoms with Gasteiger partial charge in [-0.3, -0.25) is 0 Å². The number of hydrogen-bond acceptors (Lipinski definition) is 2. The summed E-state index contributed by atoms with van der Waals surface area (Å²) in [6, 6.07) is 7.10. The third kappa shape index (κ3) is 2.39. The average molecular weight is 331 g/mol. The van der Waals surface area contributed by atoms with Crippen LogP contribution in [0.5, 0.6) is 0 Å². The van der Waals surface area contributed by atoms with Crippen molar-refractivity contribution in [3.05, 3.63) is 54.1 Å². The Morgan fingerprint density at radius 1 is 1.22 bits per heavy atom. The van der Waals surface area contributed by atoms with Crippen molar-refractivity contribution in [2.24, 2.45) is 11.3 Å². The molecule has 0 aromatic heterocycles. The minimum atomic E-state index is -3.44. The van der Waals surface area contributed by atoms with Crippen molar-refractivity contribution >= 4 is 10.0 Å². The molecule has 3 aliphatic rings. The Bertz CT molecular complexity index is 730. The van der Waals surface area contributed by atoms with Crippen LogP contribution < -0.4 is 0 Å². The zero-order chi connectivity index (χ0) is 16.8. The molecule has 0 atom stereocenters. The summed E-state index contributed by atoms with van der Waals surface area (Å²) in [7, 11) is -3.44. The summed E-state index contributed by atoms with van der Waals surface area (Å²) in [5, 5.41) is 0. The van der Waals surface area contributed by atoms with Crippen molar-refractivity contribution in [1.82, 2.24) is 4.31 Å². The van der Waals surface area contributed by atoms with Gasteiger partial charge in [0.2, 0.25) is 10.0 Å². The Morgan fingerprint density at radius 3 is 2.39 bits per heavy atom. The largest absolute Gasteiger partial charge is 0.243 e. The lowest BCUT2D eigenvalue weighted by atomic mass is 9.51. The van der Waals surface area contributed by atoms with Crippen molar-refractivity contribution in [2.45, 2.75) is 38.0 Å². The molecule has 2 aliphatic heterocycles. The molecule has 4 rings (SSSR count). The zero-order valence-electron chi connectivity index (χ0n) is 14.0. The topological polar surface area (TPSA) is 37.4 Å². The lowest BCUT2D eigenvalue weighted by Crippen LogP contribution is -2.60. The van der Waals surface area contributed by atoms with Crippen LogP contribution in [0, 0.1) is 18.3 Å². The molecule has 1 aliphatic carbocycles. The van der Waals surface area contributed by atoms with Crippen LogP contribution in [-0.4, -0.2) is 25.8 Å². The first-order valence-corrected chi connectivity index (χ1v) is 9.72. The highest BCUT2D eigenvalue weighted by atomic mass is 32.2. The molecular formula is C19H25NO2S. The molecule has 124 valence electrons. The molecule has 0 radical (unpaired) electrons. The number of unbranched alkanes of at least 4 members (excludes halogenated alkanes) is 1. The molecule has 0 unspecified atom stereocenters. The molecule has 23 heavy (non-hydrogen) atoms. The van der Waals surface area contributed by atoms with Crippen molar-refractivity contribution < 1.29 is 8.42 Å². The third-order valence-electron chi connectivity index (χ3n) is 5.52. The van der Waals surface area contributed by atoms with Crippen LogP contribution in [0.3, 0.4) is 0 Å². The summed E-state index contributed by atoms with van der Waals surface area (Å²) in [5.74, 6) is 0.126. The Hall–Kier alpha value is -1.39. The maximum Gasteiger partial charge on any atom is 0.243 e. The lowest BCUT2D eigenvalue weighted by molar-refractivity contribution is 0.125. The zero-order valence-corrected chi connectivity index (χ0v) is 14.8. The van der Waals surface area contributed by atoms with Gasteiger partial charge in [0.15, 0.2) is 0 Å².